The Bertz CT molecular complexity index is 437. The second-order valence-electron chi connectivity index (χ2n) is 4.68. The van der Waals surface area contributed by atoms with Crippen molar-refractivity contribution in [2.24, 2.45) is 0 Å². The van der Waals surface area contributed by atoms with Gasteiger partial charge in [-0.2, -0.15) is 0 Å². The Morgan fingerprint density at radius 2 is 1.94 bits per heavy atom. The van der Waals surface area contributed by atoms with Crippen LogP contribution in [0.4, 0.5) is 0 Å². The summed E-state index contributed by atoms with van der Waals surface area (Å²) in [6.45, 7) is 8.35. The lowest BCUT2D eigenvalue weighted by atomic mass is 10.1. The third kappa shape index (κ3) is 2.48. The molecule has 1 saturated heterocycles. The van der Waals surface area contributed by atoms with Crippen LogP contribution < -0.4 is 0 Å². The van der Waals surface area contributed by atoms with Gasteiger partial charge in [-0.15, -0.1) is 0 Å². The lowest BCUT2D eigenvalue weighted by Gasteiger charge is -2.34. The van der Waals surface area contributed by atoms with E-state index >= 15 is 0 Å². The number of phenols is 1. The van der Waals surface area contributed by atoms with Crippen molar-refractivity contribution in [3.63, 3.8) is 0 Å². The Balaban J connectivity index is 2.10. The van der Waals surface area contributed by atoms with E-state index in [4.69, 9.17) is 0 Å². The first-order valence-electron chi connectivity index (χ1n) is 6.43. The molecule has 1 aromatic carbocycles. The highest BCUT2D eigenvalue weighted by Crippen LogP contribution is 2.21. The van der Waals surface area contributed by atoms with E-state index in [2.05, 4.69) is 11.8 Å². The van der Waals surface area contributed by atoms with Crippen LogP contribution in [0, 0.1) is 6.92 Å². The maximum absolute atomic E-state index is 12.4. The highest BCUT2D eigenvalue weighted by molar-refractivity contribution is 5.96. The van der Waals surface area contributed by atoms with Gasteiger partial charge in [-0.1, -0.05) is 13.0 Å². The Labute approximate surface area is 108 Å². The van der Waals surface area contributed by atoms with Gasteiger partial charge in [-0.3, -0.25) is 4.79 Å². The lowest BCUT2D eigenvalue weighted by Crippen LogP contribution is -2.48. The summed E-state index contributed by atoms with van der Waals surface area (Å²) >= 11 is 0. The van der Waals surface area contributed by atoms with Crippen LogP contribution in [0.5, 0.6) is 5.75 Å². The van der Waals surface area contributed by atoms with Crippen molar-refractivity contribution in [1.82, 2.24) is 9.80 Å². The number of rotatable bonds is 2. The first-order chi connectivity index (χ1) is 8.63. The van der Waals surface area contributed by atoms with Crippen LogP contribution in [0.3, 0.4) is 0 Å². The third-order valence-electron chi connectivity index (χ3n) is 3.64. The molecule has 18 heavy (non-hydrogen) atoms. The average Bonchev–Trinajstić information content (AvgIpc) is 2.41. The number of benzene rings is 1. The van der Waals surface area contributed by atoms with Crippen molar-refractivity contribution in [2.45, 2.75) is 13.8 Å². The van der Waals surface area contributed by atoms with E-state index in [1.54, 1.807) is 25.1 Å². The van der Waals surface area contributed by atoms with Crippen LogP contribution in [0.25, 0.3) is 0 Å². The molecule has 1 fully saturated rings. The van der Waals surface area contributed by atoms with Crippen molar-refractivity contribution in [1.29, 1.82) is 0 Å². The first-order valence-corrected chi connectivity index (χ1v) is 6.43. The van der Waals surface area contributed by atoms with E-state index in [-0.39, 0.29) is 11.7 Å². The number of piperazine rings is 1. The van der Waals surface area contributed by atoms with Crippen LogP contribution in [-0.2, 0) is 0 Å². The fraction of sp³-hybridized carbons (Fsp3) is 0.500. The number of carbonyl (C=O) groups is 1. The molecule has 4 nitrogen and oxygen atoms in total. The van der Waals surface area contributed by atoms with Gasteiger partial charge < -0.3 is 14.9 Å². The van der Waals surface area contributed by atoms with Crippen LogP contribution >= 0.6 is 0 Å². The fourth-order valence-corrected chi connectivity index (χ4v) is 2.29. The Morgan fingerprint density at radius 1 is 1.28 bits per heavy atom. The molecule has 0 atom stereocenters. The molecule has 0 aliphatic carbocycles. The van der Waals surface area contributed by atoms with Gasteiger partial charge in [0.25, 0.3) is 5.91 Å². The predicted molar refractivity (Wildman–Crippen MR) is 70.9 cm³/mol. The number of carbonyl (C=O) groups excluding carboxylic acids is 1. The summed E-state index contributed by atoms with van der Waals surface area (Å²) in [5.41, 5.74) is 1.28. The minimum atomic E-state index is 0.0270. The largest absolute Gasteiger partial charge is 0.508 e. The molecule has 1 N–H and O–H groups in total. The molecule has 1 amide bonds. The maximum atomic E-state index is 12.4. The summed E-state index contributed by atoms with van der Waals surface area (Å²) in [5, 5.41) is 9.65. The second kappa shape index (κ2) is 5.40. The van der Waals surface area contributed by atoms with E-state index in [1.807, 2.05) is 4.90 Å². The highest BCUT2D eigenvalue weighted by Gasteiger charge is 2.22. The highest BCUT2D eigenvalue weighted by atomic mass is 16.3. The summed E-state index contributed by atoms with van der Waals surface area (Å²) in [6, 6.07) is 5.11. The van der Waals surface area contributed by atoms with E-state index < -0.39 is 0 Å². The molecule has 1 aliphatic heterocycles. The Hall–Kier alpha value is -1.55. The van der Waals surface area contributed by atoms with Gasteiger partial charge in [-0.05, 0) is 25.6 Å². The van der Waals surface area contributed by atoms with Crippen molar-refractivity contribution < 1.29 is 9.90 Å². The molecule has 0 bridgehead atoms. The van der Waals surface area contributed by atoms with E-state index in [0.29, 0.717) is 11.1 Å². The van der Waals surface area contributed by atoms with Gasteiger partial charge in [0, 0.05) is 37.3 Å². The third-order valence-corrected chi connectivity index (χ3v) is 3.64. The zero-order chi connectivity index (χ0) is 13.1. The number of amides is 1. The monoisotopic (exact) mass is 248 g/mol. The molecule has 1 aromatic rings. The number of aromatic hydroxyl groups is 1. The smallest absolute Gasteiger partial charge is 0.254 e. The number of likely N-dealkylation sites (N-methyl/N-ethyl adjacent to an activating group) is 1. The molecule has 1 heterocycles. The maximum Gasteiger partial charge on any atom is 0.254 e. The van der Waals surface area contributed by atoms with Gasteiger partial charge in [0.05, 0.1) is 0 Å². The van der Waals surface area contributed by atoms with Gasteiger partial charge in [0.2, 0.25) is 0 Å². The number of nitrogens with zero attached hydrogens (tertiary/aromatic N) is 2. The molecular formula is C14H20N2O2. The summed E-state index contributed by atoms with van der Waals surface area (Å²) < 4.78 is 0. The minimum absolute atomic E-state index is 0.0270. The zero-order valence-electron chi connectivity index (χ0n) is 11.0. The SMILES string of the molecule is CCN1CCN(C(=O)c2cccc(O)c2C)CC1. The lowest BCUT2D eigenvalue weighted by molar-refractivity contribution is 0.0642. The van der Waals surface area contributed by atoms with Crippen LogP contribution in [0.2, 0.25) is 0 Å². The van der Waals surface area contributed by atoms with Gasteiger partial charge in [0.15, 0.2) is 0 Å². The number of phenolic OH excluding ortho intramolecular Hbond substituents is 1. The Morgan fingerprint density at radius 3 is 2.56 bits per heavy atom. The Kier molecular flexibility index (Phi) is 3.87. The van der Waals surface area contributed by atoms with Crippen LogP contribution in [0.15, 0.2) is 18.2 Å². The minimum Gasteiger partial charge on any atom is -0.508 e. The topological polar surface area (TPSA) is 43.8 Å². The van der Waals surface area contributed by atoms with Crippen molar-refractivity contribution in [2.75, 3.05) is 32.7 Å². The average molecular weight is 248 g/mol. The zero-order valence-corrected chi connectivity index (χ0v) is 11.0. The number of hydrogen-bond acceptors (Lipinski definition) is 3. The molecule has 0 unspecified atom stereocenters. The van der Waals surface area contributed by atoms with Crippen molar-refractivity contribution in [3.05, 3.63) is 29.3 Å². The second-order valence-corrected chi connectivity index (χ2v) is 4.68. The molecule has 0 saturated carbocycles. The summed E-state index contributed by atoms with van der Waals surface area (Å²) in [6.07, 6.45) is 0. The molecule has 2 rings (SSSR count). The van der Waals surface area contributed by atoms with E-state index in [0.717, 1.165) is 32.7 Å². The number of hydrogen-bond donors (Lipinski definition) is 1. The van der Waals surface area contributed by atoms with E-state index in [9.17, 15) is 9.90 Å². The summed E-state index contributed by atoms with van der Waals surface area (Å²) in [7, 11) is 0. The molecule has 0 radical (unpaired) electrons. The molecule has 0 spiro atoms. The standard InChI is InChI=1S/C14H20N2O2/c1-3-15-7-9-16(10-8-15)14(18)12-5-4-6-13(17)11(12)2/h4-6,17H,3,7-10H2,1-2H3. The predicted octanol–water partition coefficient (Wildman–Crippen LogP) is 1.48. The molecule has 0 aromatic heterocycles. The molecular weight excluding hydrogens is 228 g/mol. The summed E-state index contributed by atoms with van der Waals surface area (Å²) in [4.78, 5) is 16.6. The molecule has 4 heteroatoms. The van der Waals surface area contributed by atoms with Crippen LogP contribution in [0.1, 0.15) is 22.8 Å². The molecule has 98 valence electrons. The van der Waals surface area contributed by atoms with Crippen molar-refractivity contribution >= 4 is 5.91 Å². The molecule has 1 aliphatic rings. The van der Waals surface area contributed by atoms with Gasteiger partial charge in [-0.25, -0.2) is 0 Å². The van der Waals surface area contributed by atoms with Gasteiger partial charge >= 0.3 is 0 Å². The summed E-state index contributed by atoms with van der Waals surface area (Å²) in [5.74, 6) is 0.215. The van der Waals surface area contributed by atoms with Gasteiger partial charge in [0.1, 0.15) is 5.75 Å². The van der Waals surface area contributed by atoms with Crippen molar-refractivity contribution in [3.8, 4) is 5.75 Å². The quantitative estimate of drug-likeness (QED) is 0.862. The van der Waals surface area contributed by atoms with Crippen LogP contribution in [-0.4, -0.2) is 53.5 Å². The van der Waals surface area contributed by atoms with E-state index in [1.165, 1.54) is 0 Å². The normalized spacial score (nSPS) is 16.9. The fourth-order valence-electron chi connectivity index (χ4n) is 2.29. The first kappa shape index (κ1) is 12.9.